The molecule has 6 heteroatoms. The van der Waals surface area contributed by atoms with Crippen LogP contribution in [-0.2, 0) is 14.3 Å². The van der Waals surface area contributed by atoms with Gasteiger partial charge in [0.25, 0.3) is 0 Å². The van der Waals surface area contributed by atoms with E-state index in [2.05, 4.69) is 5.32 Å². The molecule has 21 heavy (non-hydrogen) atoms. The fraction of sp³-hybridized carbons (Fsp3) is 0.467. The van der Waals surface area contributed by atoms with Crippen LogP contribution < -0.4 is 5.32 Å². The molecule has 0 aliphatic carbocycles. The molecule has 1 rings (SSSR count). The predicted molar refractivity (Wildman–Crippen MR) is 88.0 cm³/mol. The van der Waals surface area contributed by atoms with Crippen LogP contribution in [0.4, 0.5) is 5.69 Å². The predicted octanol–water partition coefficient (Wildman–Crippen LogP) is 3.66. The van der Waals surface area contributed by atoms with E-state index in [-0.39, 0.29) is 29.0 Å². The van der Waals surface area contributed by atoms with E-state index in [0.29, 0.717) is 5.02 Å². The maximum atomic E-state index is 11.9. The van der Waals surface area contributed by atoms with Crippen molar-refractivity contribution in [2.45, 2.75) is 39.0 Å². The lowest BCUT2D eigenvalue weighted by molar-refractivity contribution is -0.146. The Morgan fingerprint density at radius 1 is 1.33 bits per heavy atom. The molecule has 4 nitrogen and oxygen atoms in total. The number of halogens is 1. The molecule has 0 bridgehead atoms. The van der Waals surface area contributed by atoms with E-state index in [4.69, 9.17) is 16.3 Å². The SMILES string of the molecule is Cc1cc(Cl)ccc1NC(=O)CSC(C)C(=O)OC(C)C. The van der Waals surface area contributed by atoms with Crippen LogP contribution in [0.3, 0.4) is 0 Å². The van der Waals surface area contributed by atoms with Crippen LogP contribution in [0.2, 0.25) is 5.02 Å². The van der Waals surface area contributed by atoms with E-state index in [0.717, 1.165) is 11.3 Å². The summed E-state index contributed by atoms with van der Waals surface area (Å²) in [5.74, 6) is -0.267. The Morgan fingerprint density at radius 2 is 2.00 bits per heavy atom. The number of hydrogen-bond donors (Lipinski definition) is 1. The van der Waals surface area contributed by atoms with Gasteiger partial charge < -0.3 is 10.1 Å². The molecule has 0 saturated carbocycles. The Kier molecular flexibility index (Phi) is 7.05. The van der Waals surface area contributed by atoms with Gasteiger partial charge in [0, 0.05) is 10.7 Å². The first-order chi connectivity index (χ1) is 9.79. The Hall–Kier alpha value is -1.20. The summed E-state index contributed by atoms with van der Waals surface area (Å²) in [6.45, 7) is 7.20. The number of thioether (sulfide) groups is 1. The second kappa shape index (κ2) is 8.29. The molecule has 0 aliphatic rings. The topological polar surface area (TPSA) is 55.4 Å². The molecule has 1 N–H and O–H groups in total. The van der Waals surface area contributed by atoms with Crippen molar-refractivity contribution in [2.24, 2.45) is 0 Å². The third-order valence-electron chi connectivity index (χ3n) is 2.61. The minimum Gasteiger partial charge on any atom is -0.462 e. The number of rotatable bonds is 6. The van der Waals surface area contributed by atoms with Gasteiger partial charge in [0.05, 0.1) is 11.9 Å². The van der Waals surface area contributed by atoms with Gasteiger partial charge in [-0.3, -0.25) is 9.59 Å². The summed E-state index contributed by atoms with van der Waals surface area (Å²) in [6, 6.07) is 5.27. The molecular weight excluding hydrogens is 310 g/mol. The number of amides is 1. The fourth-order valence-electron chi connectivity index (χ4n) is 1.55. The van der Waals surface area contributed by atoms with E-state index >= 15 is 0 Å². The zero-order valence-corrected chi connectivity index (χ0v) is 14.2. The number of hydrogen-bond acceptors (Lipinski definition) is 4. The first-order valence-electron chi connectivity index (χ1n) is 6.67. The van der Waals surface area contributed by atoms with Crippen molar-refractivity contribution in [1.29, 1.82) is 0 Å². The lowest BCUT2D eigenvalue weighted by atomic mass is 10.2. The van der Waals surface area contributed by atoms with E-state index in [1.54, 1.807) is 39.0 Å². The second-order valence-electron chi connectivity index (χ2n) is 4.95. The number of benzene rings is 1. The summed E-state index contributed by atoms with van der Waals surface area (Å²) in [5, 5.41) is 3.06. The molecule has 1 unspecified atom stereocenters. The van der Waals surface area contributed by atoms with Crippen molar-refractivity contribution in [3.8, 4) is 0 Å². The zero-order valence-electron chi connectivity index (χ0n) is 12.6. The van der Waals surface area contributed by atoms with Crippen molar-refractivity contribution in [1.82, 2.24) is 0 Å². The summed E-state index contributed by atoms with van der Waals surface area (Å²) < 4.78 is 5.09. The number of carbonyl (C=O) groups excluding carboxylic acids is 2. The Morgan fingerprint density at radius 3 is 2.57 bits per heavy atom. The summed E-state index contributed by atoms with van der Waals surface area (Å²) in [4.78, 5) is 23.5. The Bertz CT molecular complexity index is 520. The van der Waals surface area contributed by atoms with Gasteiger partial charge in [-0.25, -0.2) is 0 Å². The van der Waals surface area contributed by atoms with Gasteiger partial charge in [-0.2, -0.15) is 0 Å². The summed E-state index contributed by atoms with van der Waals surface area (Å²) in [7, 11) is 0. The van der Waals surface area contributed by atoms with Crippen LogP contribution in [0, 0.1) is 6.92 Å². The summed E-state index contributed by atoms with van der Waals surface area (Å²) in [6.07, 6.45) is -0.147. The smallest absolute Gasteiger partial charge is 0.319 e. The normalized spacial score (nSPS) is 12.1. The van der Waals surface area contributed by atoms with Crippen molar-refractivity contribution in [3.05, 3.63) is 28.8 Å². The monoisotopic (exact) mass is 329 g/mol. The number of nitrogens with one attached hydrogen (secondary N) is 1. The number of aryl methyl sites for hydroxylation is 1. The molecule has 0 aromatic heterocycles. The van der Waals surface area contributed by atoms with Gasteiger partial charge in [0.15, 0.2) is 0 Å². The van der Waals surface area contributed by atoms with E-state index in [1.165, 1.54) is 11.8 Å². The van der Waals surface area contributed by atoms with E-state index in [1.807, 2.05) is 6.92 Å². The summed E-state index contributed by atoms with van der Waals surface area (Å²) in [5.41, 5.74) is 1.62. The average molecular weight is 330 g/mol. The number of ether oxygens (including phenoxy) is 1. The maximum absolute atomic E-state index is 11.9. The molecule has 1 aromatic rings. The standard InChI is InChI=1S/C15H20ClNO3S/c1-9(2)20-15(19)11(4)21-8-14(18)17-13-6-5-12(16)7-10(13)3/h5-7,9,11H,8H2,1-4H3,(H,17,18). The van der Waals surface area contributed by atoms with Crippen molar-refractivity contribution in [3.63, 3.8) is 0 Å². The lowest BCUT2D eigenvalue weighted by Gasteiger charge is -2.14. The quantitative estimate of drug-likeness (QED) is 0.809. The highest BCUT2D eigenvalue weighted by molar-refractivity contribution is 8.01. The van der Waals surface area contributed by atoms with Gasteiger partial charge in [0.1, 0.15) is 5.25 Å². The third kappa shape index (κ3) is 6.40. The van der Waals surface area contributed by atoms with Gasteiger partial charge in [-0.15, -0.1) is 11.8 Å². The molecule has 0 spiro atoms. The van der Waals surface area contributed by atoms with Gasteiger partial charge in [-0.05, 0) is 51.5 Å². The Balaban J connectivity index is 2.45. The summed E-state index contributed by atoms with van der Waals surface area (Å²) >= 11 is 7.11. The van der Waals surface area contributed by atoms with Crippen LogP contribution in [0.15, 0.2) is 18.2 Å². The molecule has 116 valence electrons. The molecule has 0 aliphatic heterocycles. The number of carbonyl (C=O) groups is 2. The molecule has 0 fully saturated rings. The van der Waals surface area contributed by atoms with Crippen molar-refractivity contribution < 1.29 is 14.3 Å². The van der Waals surface area contributed by atoms with E-state index < -0.39 is 0 Å². The van der Waals surface area contributed by atoms with Gasteiger partial charge in [0.2, 0.25) is 5.91 Å². The molecule has 1 aromatic carbocycles. The average Bonchev–Trinajstić information content (AvgIpc) is 2.38. The molecule has 0 radical (unpaired) electrons. The van der Waals surface area contributed by atoms with E-state index in [9.17, 15) is 9.59 Å². The highest BCUT2D eigenvalue weighted by Crippen LogP contribution is 2.20. The molecular formula is C15H20ClNO3S. The number of anilines is 1. The van der Waals surface area contributed by atoms with Crippen molar-refractivity contribution >= 4 is 40.9 Å². The molecule has 0 saturated heterocycles. The highest BCUT2D eigenvalue weighted by atomic mass is 35.5. The molecule has 1 amide bonds. The highest BCUT2D eigenvalue weighted by Gasteiger charge is 2.18. The minimum absolute atomic E-state index is 0.147. The van der Waals surface area contributed by atoms with Crippen LogP contribution in [0.25, 0.3) is 0 Å². The number of esters is 1. The van der Waals surface area contributed by atoms with Crippen LogP contribution >= 0.6 is 23.4 Å². The largest absolute Gasteiger partial charge is 0.462 e. The maximum Gasteiger partial charge on any atom is 0.319 e. The third-order valence-corrected chi connectivity index (χ3v) is 3.97. The van der Waals surface area contributed by atoms with Crippen LogP contribution in [0.5, 0.6) is 0 Å². The first-order valence-corrected chi connectivity index (χ1v) is 8.10. The molecule has 1 atom stereocenters. The zero-order chi connectivity index (χ0) is 16.0. The fourth-order valence-corrected chi connectivity index (χ4v) is 2.44. The minimum atomic E-state index is -0.371. The van der Waals surface area contributed by atoms with Gasteiger partial charge in [-0.1, -0.05) is 11.6 Å². The Labute approximate surface area is 134 Å². The lowest BCUT2D eigenvalue weighted by Crippen LogP contribution is -2.23. The van der Waals surface area contributed by atoms with Crippen LogP contribution in [0.1, 0.15) is 26.3 Å². The second-order valence-corrected chi connectivity index (χ2v) is 6.71. The molecule has 0 heterocycles. The van der Waals surface area contributed by atoms with Gasteiger partial charge >= 0.3 is 5.97 Å². The van der Waals surface area contributed by atoms with Crippen molar-refractivity contribution in [2.75, 3.05) is 11.1 Å². The first kappa shape index (κ1) is 17.9. The van der Waals surface area contributed by atoms with Crippen LogP contribution in [-0.4, -0.2) is 29.0 Å².